The Bertz CT molecular complexity index is 371. The molecule has 2 unspecified atom stereocenters. The molecule has 0 aromatic carbocycles. The van der Waals surface area contributed by atoms with Gasteiger partial charge in [0.2, 0.25) is 0 Å². The zero-order valence-electron chi connectivity index (χ0n) is 16.5. The zero-order chi connectivity index (χ0) is 18.1. The van der Waals surface area contributed by atoms with E-state index in [0.29, 0.717) is 12.8 Å². The number of hydrogen-bond donors (Lipinski definition) is 0. The third-order valence-electron chi connectivity index (χ3n) is 3.40. The van der Waals surface area contributed by atoms with E-state index >= 15 is 0 Å². The highest BCUT2D eigenvalue weighted by Crippen LogP contribution is 2.34. The summed E-state index contributed by atoms with van der Waals surface area (Å²) in [5.41, 5.74) is -0.922. The zero-order valence-corrected chi connectivity index (χ0v) is 16.5. The summed E-state index contributed by atoms with van der Waals surface area (Å²) in [4.78, 5) is 12.5. The van der Waals surface area contributed by atoms with Crippen LogP contribution in [0.15, 0.2) is 0 Å². The molecule has 0 radical (unpaired) electrons. The molecule has 1 aliphatic rings. The van der Waals surface area contributed by atoms with Crippen molar-refractivity contribution in [2.24, 2.45) is 5.92 Å². The van der Waals surface area contributed by atoms with Crippen LogP contribution in [0.25, 0.3) is 0 Å². The van der Waals surface area contributed by atoms with Gasteiger partial charge in [0, 0.05) is 0 Å². The number of esters is 1. The highest BCUT2D eigenvalue weighted by molar-refractivity contribution is 5.73. The molecule has 1 saturated carbocycles. The second kappa shape index (κ2) is 7.10. The van der Waals surface area contributed by atoms with Crippen LogP contribution in [0.4, 0.5) is 0 Å². The van der Waals surface area contributed by atoms with Gasteiger partial charge in [-0.1, -0.05) is 0 Å². The molecule has 0 bridgehead atoms. The van der Waals surface area contributed by atoms with Crippen LogP contribution in [0.3, 0.4) is 0 Å². The van der Waals surface area contributed by atoms with E-state index in [0.717, 1.165) is 6.42 Å². The van der Waals surface area contributed by atoms with Gasteiger partial charge in [0.15, 0.2) is 0 Å². The van der Waals surface area contributed by atoms with Crippen LogP contribution < -0.4 is 0 Å². The number of carbonyl (C=O) groups excluding carboxylic acids is 1. The highest BCUT2D eigenvalue weighted by atomic mass is 16.6. The molecule has 0 amide bonds. The van der Waals surface area contributed by atoms with Crippen LogP contribution in [0.2, 0.25) is 0 Å². The van der Waals surface area contributed by atoms with Gasteiger partial charge in [-0.05, 0) is 81.6 Å². The molecule has 1 fully saturated rings. The third kappa shape index (κ3) is 8.71. The Kier molecular flexibility index (Phi) is 6.31. The number of ether oxygens (including phenoxy) is 3. The molecule has 0 aliphatic heterocycles. The normalized spacial score (nSPS) is 26.9. The van der Waals surface area contributed by atoms with Crippen molar-refractivity contribution in [3.05, 3.63) is 0 Å². The Morgan fingerprint density at radius 1 is 0.696 bits per heavy atom. The summed E-state index contributed by atoms with van der Waals surface area (Å²) in [6, 6.07) is 0. The van der Waals surface area contributed by atoms with E-state index in [1.165, 1.54) is 0 Å². The van der Waals surface area contributed by atoms with Gasteiger partial charge in [0.25, 0.3) is 0 Å². The van der Waals surface area contributed by atoms with Crippen molar-refractivity contribution in [1.29, 1.82) is 0 Å². The highest BCUT2D eigenvalue weighted by Gasteiger charge is 2.38. The summed E-state index contributed by atoms with van der Waals surface area (Å²) < 4.78 is 17.9. The lowest BCUT2D eigenvalue weighted by atomic mass is 9.84. The maximum absolute atomic E-state index is 12.5. The Balaban J connectivity index is 2.82. The first-order valence-electron chi connectivity index (χ1n) is 8.73. The van der Waals surface area contributed by atoms with E-state index in [4.69, 9.17) is 14.2 Å². The maximum Gasteiger partial charge on any atom is 0.309 e. The van der Waals surface area contributed by atoms with Gasteiger partial charge >= 0.3 is 5.97 Å². The lowest BCUT2D eigenvalue weighted by molar-refractivity contribution is -0.176. The lowest BCUT2D eigenvalue weighted by Crippen LogP contribution is -2.43. The third-order valence-corrected chi connectivity index (χ3v) is 3.40. The Labute approximate surface area is 142 Å². The molecule has 4 heteroatoms. The van der Waals surface area contributed by atoms with E-state index in [-0.39, 0.29) is 35.3 Å². The second-order valence-corrected chi connectivity index (χ2v) is 9.64. The molecule has 4 nitrogen and oxygen atoms in total. The molecule has 0 saturated heterocycles. The molecule has 2 atom stereocenters. The van der Waals surface area contributed by atoms with E-state index in [9.17, 15) is 4.79 Å². The number of hydrogen-bond acceptors (Lipinski definition) is 4. The monoisotopic (exact) mass is 328 g/mol. The molecular formula is C19H36O4. The van der Waals surface area contributed by atoms with Gasteiger partial charge in [-0.3, -0.25) is 4.79 Å². The average molecular weight is 328 g/mol. The van der Waals surface area contributed by atoms with E-state index < -0.39 is 5.60 Å². The van der Waals surface area contributed by atoms with Crippen LogP contribution in [0.5, 0.6) is 0 Å². The standard InChI is InChI=1S/C19H36O4/c1-17(2,3)21-14-10-13(16(20)23-19(7,8)9)11-15(12-14)22-18(4,5)6/h13-15H,10-12H2,1-9H3. The van der Waals surface area contributed by atoms with Gasteiger partial charge < -0.3 is 14.2 Å². The van der Waals surface area contributed by atoms with Crippen molar-refractivity contribution >= 4 is 5.97 Å². The minimum absolute atomic E-state index is 0.0219. The predicted octanol–water partition coefficient (Wildman–Crippen LogP) is 4.50. The molecule has 1 aliphatic carbocycles. The molecule has 136 valence electrons. The SMILES string of the molecule is CC(C)(C)OC(=O)C1CC(OC(C)(C)C)CC(OC(C)(C)C)C1. The van der Waals surface area contributed by atoms with Gasteiger partial charge in [-0.15, -0.1) is 0 Å². The maximum atomic E-state index is 12.5. The molecule has 0 aromatic heterocycles. The Morgan fingerprint density at radius 3 is 1.39 bits per heavy atom. The van der Waals surface area contributed by atoms with Gasteiger partial charge in [0.1, 0.15) is 5.60 Å². The summed E-state index contributed by atoms with van der Waals surface area (Å²) in [7, 11) is 0. The summed E-state index contributed by atoms with van der Waals surface area (Å²) in [5, 5.41) is 0. The summed E-state index contributed by atoms with van der Waals surface area (Å²) >= 11 is 0. The topological polar surface area (TPSA) is 44.8 Å². The van der Waals surface area contributed by atoms with Crippen molar-refractivity contribution in [3.63, 3.8) is 0 Å². The summed E-state index contributed by atoms with van der Waals surface area (Å²) in [6.45, 7) is 18.0. The number of rotatable bonds is 3. The quantitative estimate of drug-likeness (QED) is 0.716. The Hall–Kier alpha value is -0.610. The smallest absolute Gasteiger partial charge is 0.309 e. The molecule has 0 spiro atoms. The van der Waals surface area contributed by atoms with E-state index in [1.807, 2.05) is 62.3 Å². The fourth-order valence-corrected chi connectivity index (χ4v) is 2.99. The largest absolute Gasteiger partial charge is 0.460 e. The van der Waals surface area contributed by atoms with Crippen molar-refractivity contribution in [3.8, 4) is 0 Å². The van der Waals surface area contributed by atoms with Crippen molar-refractivity contribution in [2.45, 2.75) is 111 Å². The van der Waals surface area contributed by atoms with Gasteiger partial charge in [-0.2, -0.15) is 0 Å². The molecule has 1 rings (SSSR count). The first-order valence-corrected chi connectivity index (χ1v) is 8.73. The van der Waals surface area contributed by atoms with Gasteiger partial charge in [0.05, 0.1) is 29.3 Å². The molecular weight excluding hydrogens is 292 g/mol. The number of carbonyl (C=O) groups is 1. The summed E-state index contributed by atoms with van der Waals surface area (Å²) in [5.74, 6) is -0.301. The van der Waals surface area contributed by atoms with E-state index in [2.05, 4.69) is 0 Å². The molecule has 0 N–H and O–H groups in total. The fourth-order valence-electron chi connectivity index (χ4n) is 2.99. The van der Waals surface area contributed by atoms with Crippen molar-refractivity contribution < 1.29 is 19.0 Å². The first-order chi connectivity index (χ1) is 10.1. The van der Waals surface area contributed by atoms with Crippen molar-refractivity contribution in [2.75, 3.05) is 0 Å². The second-order valence-electron chi connectivity index (χ2n) is 9.64. The predicted molar refractivity (Wildman–Crippen MR) is 92.4 cm³/mol. The minimum Gasteiger partial charge on any atom is -0.460 e. The van der Waals surface area contributed by atoms with Crippen LogP contribution in [-0.2, 0) is 19.0 Å². The summed E-state index contributed by atoms with van der Waals surface area (Å²) in [6.07, 6.45) is 2.28. The van der Waals surface area contributed by atoms with Crippen LogP contribution in [0, 0.1) is 5.92 Å². The average Bonchev–Trinajstić information content (AvgIpc) is 2.20. The molecule has 0 aromatic rings. The lowest BCUT2D eigenvalue weighted by Gasteiger charge is -2.39. The van der Waals surface area contributed by atoms with Crippen LogP contribution in [0.1, 0.15) is 81.6 Å². The molecule has 0 heterocycles. The van der Waals surface area contributed by atoms with Crippen molar-refractivity contribution in [1.82, 2.24) is 0 Å². The first kappa shape index (κ1) is 20.4. The van der Waals surface area contributed by atoms with Crippen LogP contribution in [-0.4, -0.2) is 35.0 Å². The van der Waals surface area contributed by atoms with E-state index in [1.54, 1.807) is 0 Å². The van der Waals surface area contributed by atoms with Crippen LogP contribution >= 0.6 is 0 Å². The Morgan fingerprint density at radius 2 is 1.09 bits per heavy atom. The molecule has 23 heavy (non-hydrogen) atoms. The minimum atomic E-state index is -0.463. The van der Waals surface area contributed by atoms with Gasteiger partial charge in [-0.25, -0.2) is 0 Å². The fraction of sp³-hybridized carbons (Fsp3) is 0.947.